The van der Waals surface area contributed by atoms with Gasteiger partial charge in [0.05, 0.1) is 23.4 Å². The summed E-state index contributed by atoms with van der Waals surface area (Å²) in [6, 6.07) is 8.87. The van der Waals surface area contributed by atoms with Crippen LogP contribution in [-0.4, -0.2) is 12.0 Å². The second kappa shape index (κ2) is 6.61. The van der Waals surface area contributed by atoms with Crippen molar-refractivity contribution in [1.82, 2.24) is 5.32 Å². The van der Waals surface area contributed by atoms with Crippen LogP contribution >= 0.6 is 15.9 Å². The number of carbonyl (C=O) groups is 1. The molecule has 0 radical (unpaired) electrons. The third-order valence-electron chi connectivity index (χ3n) is 2.56. The van der Waals surface area contributed by atoms with E-state index < -0.39 is 0 Å². The van der Waals surface area contributed by atoms with Crippen LogP contribution in [-0.2, 0) is 6.54 Å². The third kappa shape index (κ3) is 3.87. The van der Waals surface area contributed by atoms with Crippen molar-refractivity contribution >= 4 is 21.8 Å². The van der Waals surface area contributed by atoms with Gasteiger partial charge in [0, 0.05) is 5.56 Å². The van der Waals surface area contributed by atoms with Gasteiger partial charge in [-0.25, -0.2) is 0 Å². The Hall–Kier alpha value is -1.75. The number of halogens is 1. The molecule has 0 aliphatic heterocycles. The molecule has 0 aliphatic carbocycles. The van der Waals surface area contributed by atoms with E-state index in [2.05, 4.69) is 21.2 Å². The summed E-state index contributed by atoms with van der Waals surface area (Å²) in [7, 11) is 0. The lowest BCUT2D eigenvalue weighted by Gasteiger charge is -2.12. The fourth-order valence-corrected chi connectivity index (χ4v) is 2.15. The van der Waals surface area contributed by atoms with Gasteiger partial charge in [0.2, 0.25) is 0 Å². The van der Waals surface area contributed by atoms with E-state index in [0.29, 0.717) is 12.1 Å². The quantitative estimate of drug-likeness (QED) is 0.903. The zero-order valence-electron chi connectivity index (χ0n) is 11.4. The van der Waals surface area contributed by atoms with E-state index in [1.165, 1.54) is 0 Å². The van der Waals surface area contributed by atoms with E-state index in [1.54, 1.807) is 30.5 Å². The highest BCUT2D eigenvalue weighted by Gasteiger charge is 2.10. The standard InChI is InChI=1S/C15H16BrNO3/c1-10(2)20-14-6-5-11(8-13(14)16)15(18)17-9-12-4-3-7-19-12/h3-8,10H,9H2,1-2H3,(H,17,18). The predicted octanol–water partition coefficient (Wildman–Crippen LogP) is 3.76. The molecule has 0 fully saturated rings. The number of benzene rings is 1. The van der Waals surface area contributed by atoms with Crippen molar-refractivity contribution in [3.05, 3.63) is 52.4 Å². The highest BCUT2D eigenvalue weighted by atomic mass is 79.9. The van der Waals surface area contributed by atoms with Gasteiger partial charge in [-0.1, -0.05) is 0 Å². The molecule has 1 amide bonds. The van der Waals surface area contributed by atoms with Crippen molar-refractivity contribution in [2.24, 2.45) is 0 Å². The number of hydrogen-bond acceptors (Lipinski definition) is 3. The molecule has 0 spiro atoms. The highest BCUT2D eigenvalue weighted by molar-refractivity contribution is 9.10. The topological polar surface area (TPSA) is 51.5 Å². The Labute approximate surface area is 126 Å². The van der Waals surface area contributed by atoms with Crippen LogP contribution < -0.4 is 10.1 Å². The van der Waals surface area contributed by atoms with Gasteiger partial charge in [0.1, 0.15) is 11.5 Å². The first kappa shape index (κ1) is 14.7. The molecule has 1 heterocycles. The molecule has 0 unspecified atom stereocenters. The fraction of sp³-hybridized carbons (Fsp3) is 0.267. The van der Waals surface area contributed by atoms with Gasteiger partial charge >= 0.3 is 0 Å². The van der Waals surface area contributed by atoms with Crippen LogP contribution in [0.1, 0.15) is 30.0 Å². The van der Waals surface area contributed by atoms with Gasteiger partial charge in [-0.05, 0) is 60.1 Å². The summed E-state index contributed by atoms with van der Waals surface area (Å²) < 4.78 is 11.5. The number of furan rings is 1. The van der Waals surface area contributed by atoms with Crippen molar-refractivity contribution in [2.75, 3.05) is 0 Å². The molecule has 0 saturated heterocycles. The van der Waals surface area contributed by atoms with E-state index in [-0.39, 0.29) is 12.0 Å². The maximum absolute atomic E-state index is 12.0. The molecule has 2 aromatic rings. The highest BCUT2D eigenvalue weighted by Crippen LogP contribution is 2.26. The Balaban J connectivity index is 2.01. The minimum absolute atomic E-state index is 0.0879. The Morgan fingerprint density at radius 3 is 2.80 bits per heavy atom. The number of nitrogens with one attached hydrogen (secondary N) is 1. The van der Waals surface area contributed by atoms with Crippen molar-refractivity contribution in [1.29, 1.82) is 0 Å². The van der Waals surface area contributed by atoms with Crippen molar-refractivity contribution in [3.63, 3.8) is 0 Å². The van der Waals surface area contributed by atoms with Gasteiger partial charge in [-0.15, -0.1) is 0 Å². The molecule has 2 rings (SSSR count). The number of ether oxygens (including phenoxy) is 1. The van der Waals surface area contributed by atoms with Crippen LogP contribution in [0.3, 0.4) is 0 Å². The molecule has 106 valence electrons. The second-order valence-corrected chi connectivity index (χ2v) is 5.43. The molecule has 5 heteroatoms. The summed E-state index contributed by atoms with van der Waals surface area (Å²) in [4.78, 5) is 12.0. The molecular formula is C15H16BrNO3. The molecule has 0 saturated carbocycles. The zero-order valence-corrected chi connectivity index (χ0v) is 12.9. The molecule has 1 aromatic heterocycles. The Morgan fingerprint density at radius 1 is 1.40 bits per heavy atom. The normalized spacial score (nSPS) is 10.6. The lowest BCUT2D eigenvalue weighted by Crippen LogP contribution is -2.22. The number of rotatable bonds is 5. The molecule has 0 atom stereocenters. The average molecular weight is 338 g/mol. The monoisotopic (exact) mass is 337 g/mol. The van der Waals surface area contributed by atoms with E-state index in [1.807, 2.05) is 19.9 Å². The lowest BCUT2D eigenvalue weighted by molar-refractivity contribution is 0.0948. The van der Waals surface area contributed by atoms with E-state index >= 15 is 0 Å². The SMILES string of the molecule is CC(C)Oc1ccc(C(=O)NCc2ccco2)cc1Br. The molecule has 0 aliphatic rings. The van der Waals surface area contributed by atoms with Crippen LogP contribution in [0, 0.1) is 0 Å². The van der Waals surface area contributed by atoms with E-state index in [9.17, 15) is 4.79 Å². The van der Waals surface area contributed by atoms with E-state index in [0.717, 1.165) is 16.0 Å². The first-order valence-electron chi connectivity index (χ1n) is 6.33. The summed E-state index contributed by atoms with van der Waals surface area (Å²) in [6.45, 7) is 4.28. The van der Waals surface area contributed by atoms with Crippen LogP contribution in [0.15, 0.2) is 45.5 Å². The van der Waals surface area contributed by atoms with Crippen molar-refractivity contribution < 1.29 is 13.9 Å². The summed E-state index contributed by atoms with van der Waals surface area (Å²) in [5.74, 6) is 1.29. The minimum Gasteiger partial charge on any atom is -0.490 e. The predicted molar refractivity (Wildman–Crippen MR) is 79.8 cm³/mol. The van der Waals surface area contributed by atoms with Gasteiger partial charge in [0.15, 0.2) is 0 Å². The summed E-state index contributed by atoms with van der Waals surface area (Å²) >= 11 is 3.41. The van der Waals surface area contributed by atoms with Crippen molar-refractivity contribution in [3.8, 4) is 5.75 Å². The van der Waals surface area contributed by atoms with Crippen LogP contribution in [0.25, 0.3) is 0 Å². The van der Waals surface area contributed by atoms with Gasteiger partial charge in [-0.2, -0.15) is 0 Å². The molecule has 1 aromatic carbocycles. The maximum atomic E-state index is 12.0. The Morgan fingerprint density at radius 2 is 2.20 bits per heavy atom. The minimum atomic E-state index is -0.154. The number of amides is 1. The number of hydrogen-bond donors (Lipinski definition) is 1. The zero-order chi connectivity index (χ0) is 14.5. The molecular weight excluding hydrogens is 322 g/mol. The Bertz CT molecular complexity index is 579. The first-order valence-corrected chi connectivity index (χ1v) is 7.12. The summed E-state index contributed by atoms with van der Waals surface area (Å²) in [5, 5.41) is 2.79. The molecule has 0 bridgehead atoms. The van der Waals surface area contributed by atoms with Gasteiger partial charge in [0.25, 0.3) is 5.91 Å². The molecule has 1 N–H and O–H groups in total. The van der Waals surface area contributed by atoms with Gasteiger partial charge in [-0.3, -0.25) is 4.79 Å². The summed E-state index contributed by atoms with van der Waals surface area (Å²) in [5.41, 5.74) is 0.569. The van der Waals surface area contributed by atoms with Gasteiger partial charge < -0.3 is 14.5 Å². The van der Waals surface area contributed by atoms with Crippen LogP contribution in [0.2, 0.25) is 0 Å². The Kier molecular flexibility index (Phi) is 4.84. The van der Waals surface area contributed by atoms with Crippen LogP contribution in [0.5, 0.6) is 5.75 Å². The maximum Gasteiger partial charge on any atom is 0.251 e. The third-order valence-corrected chi connectivity index (χ3v) is 3.18. The first-order chi connectivity index (χ1) is 9.56. The molecule has 4 nitrogen and oxygen atoms in total. The second-order valence-electron chi connectivity index (χ2n) is 4.57. The van der Waals surface area contributed by atoms with E-state index in [4.69, 9.17) is 9.15 Å². The number of carbonyl (C=O) groups excluding carboxylic acids is 1. The van der Waals surface area contributed by atoms with Crippen LogP contribution in [0.4, 0.5) is 0 Å². The average Bonchev–Trinajstić information content (AvgIpc) is 2.91. The van der Waals surface area contributed by atoms with Crippen molar-refractivity contribution in [2.45, 2.75) is 26.5 Å². The molecule has 20 heavy (non-hydrogen) atoms. The lowest BCUT2D eigenvalue weighted by atomic mass is 10.2. The largest absolute Gasteiger partial charge is 0.490 e. The smallest absolute Gasteiger partial charge is 0.251 e. The fourth-order valence-electron chi connectivity index (χ4n) is 1.67. The summed E-state index contributed by atoms with van der Waals surface area (Å²) in [6.07, 6.45) is 1.67.